The number of sulfonamides is 1. The van der Waals surface area contributed by atoms with E-state index in [2.05, 4.69) is 0 Å². The van der Waals surface area contributed by atoms with Gasteiger partial charge in [-0.3, -0.25) is 0 Å². The van der Waals surface area contributed by atoms with E-state index >= 15 is 0 Å². The molecular weight excluding hydrogens is 286 g/mol. The third-order valence-electron chi connectivity index (χ3n) is 3.21. The van der Waals surface area contributed by atoms with Gasteiger partial charge in [-0.1, -0.05) is 18.2 Å². The molecule has 0 aromatic heterocycles. The van der Waals surface area contributed by atoms with Crippen LogP contribution in [0.5, 0.6) is 0 Å². The van der Waals surface area contributed by atoms with Crippen LogP contribution in [0.1, 0.15) is 12.8 Å². The van der Waals surface area contributed by atoms with Gasteiger partial charge in [0.15, 0.2) is 0 Å². The Kier molecular flexibility index (Phi) is 5.21. The van der Waals surface area contributed by atoms with Crippen LogP contribution < -0.4 is 0 Å². The average molecular weight is 304 g/mol. The van der Waals surface area contributed by atoms with E-state index in [-0.39, 0.29) is 6.10 Å². The number of rotatable bonds is 5. The molecule has 0 saturated carbocycles. The van der Waals surface area contributed by atoms with Gasteiger partial charge in [0.1, 0.15) is 0 Å². The lowest BCUT2D eigenvalue weighted by atomic mass is 10.1. The highest BCUT2D eigenvalue weighted by Crippen LogP contribution is 2.21. The van der Waals surface area contributed by atoms with Crippen molar-refractivity contribution in [3.8, 4) is 0 Å². The fourth-order valence-corrected chi connectivity index (χ4v) is 3.77. The predicted octanol–water partition coefficient (Wildman–Crippen LogP) is 2.10. The SMILES string of the molecule is O=S(=O)(c1ccccc1)N1CCC(OCCCl)CC1. The molecule has 106 valence electrons. The summed E-state index contributed by atoms with van der Waals surface area (Å²) in [4.78, 5) is 0.357. The van der Waals surface area contributed by atoms with Crippen LogP contribution in [0, 0.1) is 0 Å². The summed E-state index contributed by atoms with van der Waals surface area (Å²) in [5, 5.41) is 0. The van der Waals surface area contributed by atoms with Crippen molar-refractivity contribution in [2.45, 2.75) is 23.8 Å². The lowest BCUT2D eigenvalue weighted by Crippen LogP contribution is -2.40. The molecule has 1 aromatic carbocycles. The van der Waals surface area contributed by atoms with Crippen LogP contribution in [0.25, 0.3) is 0 Å². The second-order valence-corrected chi connectivity index (χ2v) is 6.79. The van der Waals surface area contributed by atoms with E-state index in [9.17, 15) is 8.42 Å². The number of halogens is 1. The molecule has 0 aliphatic carbocycles. The molecular formula is C13H18ClNO3S. The van der Waals surface area contributed by atoms with Gasteiger partial charge in [-0.2, -0.15) is 4.31 Å². The molecule has 0 bridgehead atoms. The van der Waals surface area contributed by atoms with Gasteiger partial charge in [0.2, 0.25) is 10.0 Å². The molecule has 1 fully saturated rings. The Balaban J connectivity index is 1.98. The summed E-state index contributed by atoms with van der Waals surface area (Å²) in [6, 6.07) is 8.55. The molecule has 1 aliphatic heterocycles. The summed E-state index contributed by atoms with van der Waals surface area (Å²) in [5.74, 6) is 0.475. The summed E-state index contributed by atoms with van der Waals surface area (Å²) < 4.78 is 31.8. The summed E-state index contributed by atoms with van der Waals surface area (Å²) in [6.07, 6.45) is 1.58. The van der Waals surface area contributed by atoms with E-state index in [1.807, 2.05) is 6.07 Å². The van der Waals surface area contributed by atoms with Crippen LogP contribution in [0.3, 0.4) is 0 Å². The van der Waals surface area contributed by atoms with Crippen molar-refractivity contribution in [3.05, 3.63) is 30.3 Å². The minimum atomic E-state index is -3.35. The summed E-state index contributed by atoms with van der Waals surface area (Å²) in [6.45, 7) is 1.53. The number of hydrogen-bond donors (Lipinski definition) is 0. The molecule has 0 spiro atoms. The van der Waals surface area contributed by atoms with Crippen molar-refractivity contribution in [3.63, 3.8) is 0 Å². The van der Waals surface area contributed by atoms with Gasteiger partial charge < -0.3 is 4.74 Å². The summed E-state index contributed by atoms with van der Waals surface area (Å²) in [5.41, 5.74) is 0. The van der Waals surface area contributed by atoms with Crippen molar-refractivity contribution in [1.82, 2.24) is 4.31 Å². The molecule has 1 saturated heterocycles. The zero-order chi connectivity index (χ0) is 13.7. The molecule has 0 radical (unpaired) electrons. The molecule has 0 N–H and O–H groups in total. The maximum atomic E-state index is 12.4. The van der Waals surface area contributed by atoms with Crippen LogP contribution >= 0.6 is 11.6 Å². The molecule has 6 heteroatoms. The topological polar surface area (TPSA) is 46.6 Å². The third kappa shape index (κ3) is 3.69. The van der Waals surface area contributed by atoms with Crippen molar-refractivity contribution in [2.75, 3.05) is 25.6 Å². The summed E-state index contributed by atoms with van der Waals surface area (Å²) >= 11 is 5.57. The Labute approximate surface area is 119 Å². The normalized spacial score (nSPS) is 18.6. The van der Waals surface area contributed by atoms with Gasteiger partial charge in [0, 0.05) is 19.0 Å². The zero-order valence-corrected chi connectivity index (χ0v) is 12.2. The van der Waals surface area contributed by atoms with Gasteiger partial charge in [-0.15, -0.1) is 11.6 Å². The first-order chi connectivity index (χ1) is 9.14. The molecule has 19 heavy (non-hydrogen) atoms. The van der Waals surface area contributed by atoms with Crippen molar-refractivity contribution in [1.29, 1.82) is 0 Å². The largest absolute Gasteiger partial charge is 0.377 e. The standard InChI is InChI=1S/C13H18ClNO3S/c14-8-11-18-12-6-9-15(10-7-12)19(16,17)13-4-2-1-3-5-13/h1-5,12H,6-11H2. The van der Waals surface area contributed by atoms with E-state index in [1.54, 1.807) is 24.3 Å². The average Bonchev–Trinajstić information content (AvgIpc) is 2.46. The van der Waals surface area contributed by atoms with Crippen molar-refractivity contribution >= 4 is 21.6 Å². The quantitative estimate of drug-likeness (QED) is 0.783. The number of hydrogen-bond acceptors (Lipinski definition) is 3. The second kappa shape index (κ2) is 6.70. The maximum absolute atomic E-state index is 12.4. The fourth-order valence-electron chi connectivity index (χ4n) is 2.19. The highest BCUT2D eigenvalue weighted by atomic mass is 35.5. The lowest BCUT2D eigenvalue weighted by molar-refractivity contribution is 0.0301. The van der Waals surface area contributed by atoms with Crippen LogP contribution in [-0.2, 0) is 14.8 Å². The second-order valence-electron chi connectivity index (χ2n) is 4.48. The molecule has 1 aliphatic rings. The third-order valence-corrected chi connectivity index (χ3v) is 5.28. The first-order valence-electron chi connectivity index (χ1n) is 6.37. The van der Waals surface area contributed by atoms with Gasteiger partial charge in [-0.05, 0) is 25.0 Å². The van der Waals surface area contributed by atoms with Crippen LogP contribution in [-0.4, -0.2) is 44.4 Å². The Morgan fingerprint density at radius 1 is 1.21 bits per heavy atom. The monoisotopic (exact) mass is 303 g/mol. The van der Waals surface area contributed by atoms with Crippen LogP contribution in [0.15, 0.2) is 35.2 Å². The van der Waals surface area contributed by atoms with E-state index in [0.29, 0.717) is 30.5 Å². The Bertz CT molecular complexity index is 484. The maximum Gasteiger partial charge on any atom is 0.243 e. The first kappa shape index (κ1) is 14.8. The van der Waals surface area contributed by atoms with E-state index in [4.69, 9.17) is 16.3 Å². The molecule has 4 nitrogen and oxygen atoms in total. The van der Waals surface area contributed by atoms with Crippen LogP contribution in [0.2, 0.25) is 0 Å². The molecule has 1 aromatic rings. The van der Waals surface area contributed by atoms with Crippen LogP contribution in [0.4, 0.5) is 0 Å². The minimum absolute atomic E-state index is 0.126. The van der Waals surface area contributed by atoms with Gasteiger partial charge in [-0.25, -0.2) is 8.42 Å². The number of nitrogens with zero attached hydrogens (tertiary/aromatic N) is 1. The molecule has 0 amide bonds. The number of ether oxygens (including phenoxy) is 1. The molecule has 2 rings (SSSR count). The molecule has 1 heterocycles. The molecule has 0 atom stereocenters. The minimum Gasteiger partial charge on any atom is -0.377 e. The summed E-state index contributed by atoms with van der Waals surface area (Å²) in [7, 11) is -3.35. The smallest absolute Gasteiger partial charge is 0.243 e. The highest BCUT2D eigenvalue weighted by molar-refractivity contribution is 7.89. The number of alkyl halides is 1. The van der Waals surface area contributed by atoms with E-state index < -0.39 is 10.0 Å². The lowest BCUT2D eigenvalue weighted by Gasteiger charge is -2.31. The van der Waals surface area contributed by atoms with E-state index in [0.717, 1.165) is 12.8 Å². The van der Waals surface area contributed by atoms with E-state index in [1.165, 1.54) is 4.31 Å². The predicted molar refractivity (Wildman–Crippen MR) is 74.9 cm³/mol. The van der Waals surface area contributed by atoms with Gasteiger partial charge in [0.05, 0.1) is 17.6 Å². The molecule has 0 unspecified atom stereocenters. The Morgan fingerprint density at radius 3 is 2.42 bits per heavy atom. The number of benzene rings is 1. The zero-order valence-electron chi connectivity index (χ0n) is 10.7. The first-order valence-corrected chi connectivity index (χ1v) is 8.35. The number of piperidine rings is 1. The highest BCUT2D eigenvalue weighted by Gasteiger charge is 2.29. The fraction of sp³-hybridized carbons (Fsp3) is 0.538. The Hall–Kier alpha value is -0.620. The van der Waals surface area contributed by atoms with Crippen molar-refractivity contribution in [2.24, 2.45) is 0 Å². The Morgan fingerprint density at radius 2 is 1.84 bits per heavy atom. The van der Waals surface area contributed by atoms with Gasteiger partial charge in [0.25, 0.3) is 0 Å². The van der Waals surface area contributed by atoms with Crippen molar-refractivity contribution < 1.29 is 13.2 Å². The van der Waals surface area contributed by atoms with Gasteiger partial charge >= 0.3 is 0 Å².